The minimum Gasteiger partial charge on any atom is -0.450 e. The van der Waals surface area contributed by atoms with Crippen LogP contribution < -0.4 is 11.1 Å². The summed E-state index contributed by atoms with van der Waals surface area (Å²) in [6.45, 7) is 3.69. The standard InChI is InChI=1S/C19H25N3O5/c1-2-26-18(24)20-14-7-5-11-21(13-14)17(23)10-6-12-22-15-8-3-4-9-16(15)27-19(22)25/h3-4,8-9,14H,2,5-7,10-13H2,1H3,(H,20,24)/t14-/m0/s1. The Morgan fingerprint density at radius 2 is 2.15 bits per heavy atom. The van der Waals surface area contributed by atoms with Crippen molar-refractivity contribution in [3.63, 3.8) is 0 Å². The van der Waals surface area contributed by atoms with E-state index < -0.39 is 11.8 Å². The lowest BCUT2D eigenvalue weighted by molar-refractivity contribution is -0.132. The number of aryl methyl sites for hydroxylation is 1. The van der Waals surface area contributed by atoms with Crippen molar-refractivity contribution >= 4 is 23.1 Å². The Morgan fingerprint density at radius 3 is 2.96 bits per heavy atom. The second-order valence-electron chi connectivity index (χ2n) is 6.63. The summed E-state index contributed by atoms with van der Waals surface area (Å²) in [5.74, 6) is -0.369. The fourth-order valence-electron chi connectivity index (χ4n) is 3.43. The van der Waals surface area contributed by atoms with E-state index in [1.807, 2.05) is 18.2 Å². The van der Waals surface area contributed by atoms with E-state index in [0.29, 0.717) is 44.7 Å². The average Bonchev–Trinajstić information content (AvgIpc) is 2.97. The molecule has 0 unspecified atom stereocenters. The van der Waals surface area contributed by atoms with E-state index in [2.05, 4.69) is 5.32 Å². The highest BCUT2D eigenvalue weighted by atomic mass is 16.5. The van der Waals surface area contributed by atoms with E-state index in [-0.39, 0.29) is 11.9 Å². The van der Waals surface area contributed by atoms with E-state index in [1.165, 1.54) is 0 Å². The molecule has 1 fully saturated rings. The van der Waals surface area contributed by atoms with Gasteiger partial charge in [-0.05, 0) is 38.3 Å². The molecule has 1 aliphatic heterocycles. The van der Waals surface area contributed by atoms with E-state index >= 15 is 0 Å². The van der Waals surface area contributed by atoms with E-state index in [1.54, 1.807) is 22.5 Å². The molecule has 1 aromatic carbocycles. The van der Waals surface area contributed by atoms with Crippen LogP contribution in [0, 0.1) is 0 Å². The number of amides is 2. The Kier molecular flexibility index (Phi) is 6.16. The van der Waals surface area contributed by atoms with Crippen molar-refractivity contribution in [3.05, 3.63) is 34.8 Å². The van der Waals surface area contributed by atoms with Gasteiger partial charge in [0.1, 0.15) is 0 Å². The number of hydrogen-bond acceptors (Lipinski definition) is 5. The summed E-state index contributed by atoms with van der Waals surface area (Å²) >= 11 is 0. The normalized spacial score (nSPS) is 17.1. The van der Waals surface area contributed by atoms with Gasteiger partial charge in [-0.25, -0.2) is 9.59 Å². The highest BCUT2D eigenvalue weighted by molar-refractivity contribution is 5.76. The number of para-hydroxylation sites is 2. The summed E-state index contributed by atoms with van der Waals surface area (Å²) in [7, 11) is 0. The molecule has 1 aliphatic rings. The number of fused-ring (bicyclic) bond motifs is 1. The molecule has 2 aromatic rings. The van der Waals surface area contributed by atoms with Crippen molar-refractivity contribution in [3.8, 4) is 0 Å². The number of benzene rings is 1. The lowest BCUT2D eigenvalue weighted by atomic mass is 10.1. The number of hydrogen-bond donors (Lipinski definition) is 1. The van der Waals surface area contributed by atoms with E-state index in [9.17, 15) is 14.4 Å². The lowest BCUT2D eigenvalue weighted by Gasteiger charge is -2.33. The second-order valence-corrected chi connectivity index (χ2v) is 6.63. The number of nitrogens with zero attached hydrogens (tertiary/aromatic N) is 2. The van der Waals surface area contributed by atoms with Gasteiger partial charge in [0.2, 0.25) is 5.91 Å². The van der Waals surface area contributed by atoms with Crippen LogP contribution in [0.25, 0.3) is 11.1 Å². The first-order valence-electron chi connectivity index (χ1n) is 9.38. The fourth-order valence-corrected chi connectivity index (χ4v) is 3.43. The molecule has 1 N–H and O–H groups in total. The Morgan fingerprint density at radius 1 is 1.33 bits per heavy atom. The largest absolute Gasteiger partial charge is 0.450 e. The number of aromatic nitrogens is 1. The molecular weight excluding hydrogens is 350 g/mol. The summed E-state index contributed by atoms with van der Waals surface area (Å²) in [4.78, 5) is 37.8. The first-order valence-corrected chi connectivity index (χ1v) is 9.38. The molecule has 27 heavy (non-hydrogen) atoms. The maximum atomic E-state index is 12.5. The molecule has 3 rings (SSSR count). The van der Waals surface area contributed by atoms with Crippen LogP contribution in [0.3, 0.4) is 0 Å². The van der Waals surface area contributed by atoms with Crippen LogP contribution in [0.1, 0.15) is 32.6 Å². The number of carbonyl (C=O) groups excluding carboxylic acids is 2. The predicted octanol–water partition coefficient (Wildman–Crippen LogP) is 2.11. The molecule has 0 radical (unpaired) electrons. The van der Waals surface area contributed by atoms with Gasteiger partial charge in [-0.3, -0.25) is 9.36 Å². The first kappa shape index (κ1) is 19.0. The van der Waals surface area contributed by atoms with Gasteiger partial charge in [0.05, 0.1) is 12.1 Å². The lowest BCUT2D eigenvalue weighted by Crippen LogP contribution is -2.49. The minimum absolute atomic E-state index is 0.0335. The number of alkyl carbamates (subject to hydrolysis) is 1. The molecule has 0 aliphatic carbocycles. The third-order valence-corrected chi connectivity index (χ3v) is 4.72. The van der Waals surface area contributed by atoms with Crippen LogP contribution in [0.4, 0.5) is 4.79 Å². The van der Waals surface area contributed by atoms with Crippen LogP contribution in [0.15, 0.2) is 33.5 Å². The van der Waals surface area contributed by atoms with Gasteiger partial charge >= 0.3 is 11.8 Å². The molecular formula is C19H25N3O5. The average molecular weight is 375 g/mol. The molecule has 1 atom stereocenters. The van der Waals surface area contributed by atoms with Crippen LogP contribution in [-0.4, -0.2) is 47.2 Å². The first-order chi connectivity index (χ1) is 13.1. The molecule has 1 aromatic heterocycles. The van der Waals surface area contributed by atoms with E-state index in [0.717, 1.165) is 18.4 Å². The molecule has 0 saturated carbocycles. The Hall–Kier alpha value is -2.77. The number of piperidine rings is 1. The minimum atomic E-state index is -0.442. The summed E-state index contributed by atoms with van der Waals surface area (Å²) in [5, 5.41) is 2.80. The monoisotopic (exact) mass is 375 g/mol. The summed E-state index contributed by atoms with van der Waals surface area (Å²) in [6, 6.07) is 7.17. The zero-order valence-electron chi connectivity index (χ0n) is 15.5. The molecule has 0 spiro atoms. The van der Waals surface area contributed by atoms with Crippen molar-refractivity contribution in [2.75, 3.05) is 19.7 Å². The van der Waals surface area contributed by atoms with Gasteiger partial charge in [0, 0.05) is 32.1 Å². The van der Waals surface area contributed by atoms with Crippen LogP contribution in [0.5, 0.6) is 0 Å². The Balaban J connectivity index is 1.51. The summed E-state index contributed by atoms with van der Waals surface area (Å²) < 4.78 is 11.7. The number of nitrogens with one attached hydrogen (secondary N) is 1. The zero-order chi connectivity index (χ0) is 19.2. The molecule has 2 heterocycles. The fraction of sp³-hybridized carbons (Fsp3) is 0.526. The van der Waals surface area contributed by atoms with Gasteiger partial charge in [-0.15, -0.1) is 0 Å². The van der Waals surface area contributed by atoms with Crippen LogP contribution in [-0.2, 0) is 16.1 Å². The van der Waals surface area contributed by atoms with Gasteiger partial charge in [-0.2, -0.15) is 0 Å². The highest BCUT2D eigenvalue weighted by Crippen LogP contribution is 2.15. The molecule has 146 valence electrons. The Bertz CT molecular complexity index is 856. The third kappa shape index (κ3) is 4.69. The smallest absolute Gasteiger partial charge is 0.419 e. The number of carbonyl (C=O) groups is 2. The van der Waals surface area contributed by atoms with Gasteiger partial charge in [-0.1, -0.05) is 12.1 Å². The third-order valence-electron chi connectivity index (χ3n) is 4.72. The van der Waals surface area contributed by atoms with Crippen molar-refractivity contribution in [2.24, 2.45) is 0 Å². The maximum absolute atomic E-state index is 12.5. The quantitative estimate of drug-likeness (QED) is 0.835. The zero-order valence-corrected chi connectivity index (χ0v) is 15.5. The van der Waals surface area contributed by atoms with Crippen molar-refractivity contribution in [1.82, 2.24) is 14.8 Å². The van der Waals surface area contributed by atoms with Crippen molar-refractivity contribution in [1.29, 1.82) is 0 Å². The summed E-state index contributed by atoms with van der Waals surface area (Å²) in [5.41, 5.74) is 1.30. The number of likely N-dealkylation sites (tertiary alicyclic amines) is 1. The van der Waals surface area contributed by atoms with E-state index in [4.69, 9.17) is 9.15 Å². The molecule has 1 saturated heterocycles. The second kappa shape index (κ2) is 8.75. The Labute approximate surface area is 157 Å². The molecule has 2 amide bonds. The van der Waals surface area contributed by atoms with Gasteiger partial charge in [0.25, 0.3) is 0 Å². The molecule has 8 nitrogen and oxygen atoms in total. The van der Waals surface area contributed by atoms with Gasteiger partial charge < -0.3 is 19.4 Å². The topological polar surface area (TPSA) is 93.8 Å². The van der Waals surface area contributed by atoms with Crippen molar-refractivity contribution in [2.45, 2.75) is 45.2 Å². The predicted molar refractivity (Wildman–Crippen MR) is 99.5 cm³/mol. The van der Waals surface area contributed by atoms with Crippen LogP contribution in [0.2, 0.25) is 0 Å². The number of oxazole rings is 1. The van der Waals surface area contributed by atoms with Crippen LogP contribution >= 0.6 is 0 Å². The highest BCUT2D eigenvalue weighted by Gasteiger charge is 2.24. The SMILES string of the molecule is CCOC(=O)N[C@H]1CCCN(C(=O)CCCn2c(=O)oc3ccccc32)C1. The molecule has 8 heteroatoms. The number of ether oxygens (including phenoxy) is 1. The maximum Gasteiger partial charge on any atom is 0.419 e. The summed E-state index contributed by atoms with van der Waals surface area (Å²) in [6.07, 6.45) is 2.13. The molecule has 0 bridgehead atoms. The van der Waals surface area contributed by atoms with Gasteiger partial charge in [0.15, 0.2) is 5.58 Å². The van der Waals surface area contributed by atoms with Crippen molar-refractivity contribution < 1.29 is 18.7 Å². The number of rotatable bonds is 6.